The van der Waals surface area contributed by atoms with E-state index in [1.165, 1.54) is 0 Å². The van der Waals surface area contributed by atoms with E-state index in [-0.39, 0.29) is 18.0 Å². The van der Waals surface area contributed by atoms with Crippen molar-refractivity contribution in [2.45, 2.75) is 40.0 Å². The van der Waals surface area contributed by atoms with Crippen LogP contribution in [-0.4, -0.2) is 42.5 Å². The van der Waals surface area contributed by atoms with E-state index in [1.54, 1.807) is 6.07 Å². The summed E-state index contributed by atoms with van der Waals surface area (Å²) in [6.45, 7) is 5.10. The zero-order chi connectivity index (χ0) is 24.7. The number of amides is 1. The Morgan fingerprint density at radius 1 is 1.17 bits per heavy atom. The summed E-state index contributed by atoms with van der Waals surface area (Å²) in [5.41, 5.74) is 4.71. The minimum atomic E-state index is -4.22. The number of rotatable bonds is 6. The molecule has 0 bridgehead atoms. The molecule has 5 rings (SSSR count). The Balaban J connectivity index is 1.51. The number of H-pyrrole nitrogens is 1. The molecule has 1 fully saturated rings. The highest BCUT2D eigenvalue weighted by atomic mass is 32.2. The van der Waals surface area contributed by atoms with Gasteiger partial charge in [0.05, 0.1) is 5.69 Å². The molecule has 1 aromatic heterocycles. The van der Waals surface area contributed by atoms with Crippen LogP contribution < -0.4 is 13.8 Å². The molecule has 9 nitrogen and oxygen atoms in total. The van der Waals surface area contributed by atoms with Crippen molar-refractivity contribution in [2.75, 3.05) is 17.4 Å². The summed E-state index contributed by atoms with van der Waals surface area (Å²) in [7, 11) is -4.22. The van der Waals surface area contributed by atoms with E-state index in [0.717, 1.165) is 32.4 Å². The molecule has 3 heterocycles. The van der Waals surface area contributed by atoms with Crippen molar-refractivity contribution in [3.05, 3.63) is 75.9 Å². The maximum Gasteiger partial charge on any atom is 0.326 e. The molecule has 2 aromatic carbocycles. The quantitative estimate of drug-likeness (QED) is 0.540. The normalized spacial score (nSPS) is 17.3. The fourth-order valence-electron chi connectivity index (χ4n) is 4.57. The molecule has 2 aliphatic rings. The first kappa shape index (κ1) is 23.3. The highest BCUT2D eigenvalue weighted by molar-refractivity contribution is 7.92. The molecule has 3 aromatic rings. The lowest BCUT2D eigenvalue weighted by atomic mass is 9.96. The molecule has 35 heavy (non-hydrogen) atoms. The number of fused-ring (bicyclic) bond motifs is 1. The molecular weight excluding hydrogens is 473 g/mol. The van der Waals surface area contributed by atoms with E-state index in [9.17, 15) is 13.2 Å². The minimum Gasteiger partial charge on any atom is -0.487 e. The van der Waals surface area contributed by atoms with Crippen LogP contribution in [0.4, 0.5) is 10.1 Å². The monoisotopic (exact) mass is 499 g/mol. The summed E-state index contributed by atoms with van der Waals surface area (Å²) in [6, 6.07) is 11.0. The maximum atomic E-state index is 16.1. The van der Waals surface area contributed by atoms with Crippen molar-refractivity contribution in [2.24, 2.45) is 0 Å². The predicted molar refractivity (Wildman–Crippen MR) is 127 cm³/mol. The maximum absolute atomic E-state index is 16.1. The Kier molecular flexibility index (Phi) is 5.97. The van der Waals surface area contributed by atoms with Gasteiger partial charge < -0.3 is 4.74 Å². The number of hydrogen-bond acceptors (Lipinski definition) is 6. The zero-order valence-electron chi connectivity index (χ0n) is 19.5. The number of aromatic amines is 1. The van der Waals surface area contributed by atoms with Gasteiger partial charge in [-0.3, -0.25) is 14.8 Å². The number of anilines is 1. The van der Waals surface area contributed by atoms with Crippen molar-refractivity contribution in [1.29, 1.82) is 0 Å². The van der Waals surface area contributed by atoms with Crippen LogP contribution in [0.2, 0.25) is 0 Å². The summed E-state index contributed by atoms with van der Waals surface area (Å²) in [5.74, 6) is -1.31. The fraction of sp³-hybridized carbons (Fsp3) is 0.333. The van der Waals surface area contributed by atoms with Gasteiger partial charge in [0.25, 0.3) is 5.91 Å². The molecule has 0 unspecified atom stereocenters. The third-order valence-electron chi connectivity index (χ3n) is 6.45. The second-order valence-corrected chi connectivity index (χ2v) is 10.5. The van der Waals surface area contributed by atoms with Gasteiger partial charge in [-0.25, -0.2) is 13.4 Å². The molecule has 184 valence electrons. The number of nitrogens with one attached hydrogen (secondary N) is 2. The van der Waals surface area contributed by atoms with Gasteiger partial charge in [-0.05, 0) is 37.5 Å². The largest absolute Gasteiger partial charge is 0.487 e. The smallest absolute Gasteiger partial charge is 0.326 e. The Hall–Kier alpha value is -3.44. The predicted octanol–water partition coefficient (Wildman–Crippen LogP) is 2.48. The van der Waals surface area contributed by atoms with Crippen LogP contribution in [0.3, 0.4) is 0 Å². The number of carbonyl (C=O) groups is 1. The van der Waals surface area contributed by atoms with E-state index >= 15 is 4.39 Å². The molecule has 2 N–H and O–H groups in total. The van der Waals surface area contributed by atoms with Crippen molar-refractivity contribution < 1.29 is 22.3 Å². The number of carbonyl (C=O) groups excluding carboxylic acids is 1. The molecule has 0 spiro atoms. The molecule has 0 saturated carbocycles. The van der Waals surface area contributed by atoms with Gasteiger partial charge in [-0.15, -0.1) is 0 Å². The Bertz CT molecular complexity index is 1370. The van der Waals surface area contributed by atoms with Gasteiger partial charge in [0, 0.05) is 36.5 Å². The Morgan fingerprint density at radius 2 is 1.94 bits per heavy atom. The number of halogens is 1. The zero-order valence-corrected chi connectivity index (χ0v) is 20.3. The van der Waals surface area contributed by atoms with Crippen molar-refractivity contribution in [1.82, 2.24) is 19.8 Å². The van der Waals surface area contributed by atoms with Gasteiger partial charge in [0.2, 0.25) is 0 Å². The van der Waals surface area contributed by atoms with Crippen molar-refractivity contribution in [3.63, 3.8) is 0 Å². The molecule has 0 radical (unpaired) electrons. The van der Waals surface area contributed by atoms with E-state index in [1.807, 2.05) is 48.9 Å². The number of benzene rings is 2. The van der Waals surface area contributed by atoms with Crippen LogP contribution in [0, 0.1) is 19.7 Å². The molecule has 1 saturated heterocycles. The number of ether oxygens (including phenoxy) is 1. The van der Waals surface area contributed by atoms with Crippen molar-refractivity contribution in [3.8, 4) is 5.75 Å². The van der Waals surface area contributed by atoms with Crippen LogP contribution in [0.15, 0.2) is 36.4 Å². The van der Waals surface area contributed by atoms with Crippen LogP contribution in [0.5, 0.6) is 5.75 Å². The summed E-state index contributed by atoms with van der Waals surface area (Å²) in [6.07, 6.45) is 0.577. The van der Waals surface area contributed by atoms with Gasteiger partial charge in [0.1, 0.15) is 24.6 Å². The van der Waals surface area contributed by atoms with Gasteiger partial charge in [-0.1, -0.05) is 30.3 Å². The summed E-state index contributed by atoms with van der Waals surface area (Å²) < 4.78 is 50.0. The molecule has 0 aliphatic carbocycles. The number of aryl methyl sites for hydroxylation is 2. The summed E-state index contributed by atoms with van der Waals surface area (Å²) >= 11 is 0. The van der Waals surface area contributed by atoms with E-state index < -0.39 is 28.5 Å². The topological polar surface area (TPSA) is 108 Å². The second kappa shape index (κ2) is 8.97. The first-order chi connectivity index (χ1) is 16.7. The number of nitrogens with zero attached hydrogens (tertiary/aromatic N) is 3. The average molecular weight is 500 g/mol. The number of aromatic nitrogens is 2. The fourth-order valence-corrected chi connectivity index (χ4v) is 5.73. The average Bonchev–Trinajstić information content (AvgIpc) is 3.29. The third-order valence-corrected chi connectivity index (χ3v) is 7.83. The Labute approximate surface area is 203 Å². The first-order valence-corrected chi connectivity index (χ1v) is 12.7. The molecular formula is C24H26FN5O4S. The second-order valence-electron chi connectivity index (χ2n) is 8.86. The lowest BCUT2D eigenvalue weighted by Crippen LogP contribution is -2.34. The summed E-state index contributed by atoms with van der Waals surface area (Å²) in [4.78, 5) is 14.0. The third kappa shape index (κ3) is 4.48. The SMILES string of the molecule is Cc1n[nH]c(C)c1CN1CCc2cc(OCc3ccccc3)c(N3CC(=O)NS3(=O)=O)c(F)c2C1. The highest BCUT2D eigenvalue weighted by Crippen LogP contribution is 2.40. The highest BCUT2D eigenvalue weighted by Gasteiger charge is 2.39. The van der Waals surface area contributed by atoms with Gasteiger partial charge in [-0.2, -0.15) is 13.5 Å². The standard InChI is InChI=1S/C24H26FN5O4S/c1-15-19(16(2)27-26-15)11-29-9-8-18-10-21(34-14-17-6-4-3-5-7-17)24(23(25)20(18)12-29)30-13-22(31)28-35(30,32)33/h3-7,10H,8-9,11-14H2,1-2H3,(H,26,27)(H,28,31). The number of hydrogen-bond donors (Lipinski definition) is 2. The molecule has 1 amide bonds. The van der Waals surface area contributed by atoms with Crippen molar-refractivity contribution >= 4 is 21.8 Å². The minimum absolute atomic E-state index is 0.0974. The van der Waals surface area contributed by atoms with E-state index in [0.29, 0.717) is 31.6 Å². The molecule has 2 aliphatic heterocycles. The lowest BCUT2D eigenvalue weighted by Gasteiger charge is -2.31. The van der Waals surface area contributed by atoms with E-state index in [2.05, 4.69) is 15.1 Å². The van der Waals surface area contributed by atoms with Gasteiger partial charge in [0.15, 0.2) is 5.82 Å². The first-order valence-electron chi connectivity index (χ1n) is 11.3. The Morgan fingerprint density at radius 3 is 2.60 bits per heavy atom. The molecule has 11 heteroatoms. The van der Waals surface area contributed by atoms with Crippen LogP contribution in [-0.2, 0) is 41.1 Å². The van der Waals surface area contributed by atoms with E-state index in [4.69, 9.17) is 4.74 Å². The lowest BCUT2D eigenvalue weighted by molar-refractivity contribution is -0.117. The van der Waals surface area contributed by atoms with Crippen LogP contribution >= 0.6 is 0 Å². The molecule has 0 atom stereocenters. The van der Waals surface area contributed by atoms with Crippen LogP contribution in [0.25, 0.3) is 0 Å². The summed E-state index contributed by atoms with van der Waals surface area (Å²) in [5, 5.41) is 7.21. The van der Waals surface area contributed by atoms with Crippen LogP contribution in [0.1, 0.15) is 33.6 Å². The van der Waals surface area contributed by atoms with Gasteiger partial charge >= 0.3 is 10.2 Å².